The van der Waals surface area contributed by atoms with Crippen LogP contribution in [0.25, 0.3) is 21.3 Å². The van der Waals surface area contributed by atoms with E-state index in [0.717, 1.165) is 27.2 Å². The van der Waals surface area contributed by atoms with Crippen molar-refractivity contribution >= 4 is 33.3 Å². The molecule has 0 spiro atoms. The molecule has 0 radical (unpaired) electrons. The molecule has 8 heteroatoms. The summed E-state index contributed by atoms with van der Waals surface area (Å²) in [5.41, 5.74) is 3.52. The van der Waals surface area contributed by atoms with Gasteiger partial charge >= 0.3 is 0 Å². The van der Waals surface area contributed by atoms with Crippen molar-refractivity contribution in [2.24, 2.45) is 0 Å². The highest BCUT2D eigenvalue weighted by atomic mass is 32.1. The number of hydrogen-bond donors (Lipinski definition) is 1. The maximum absolute atomic E-state index is 12.7. The van der Waals surface area contributed by atoms with E-state index in [-0.39, 0.29) is 5.91 Å². The average Bonchev–Trinajstić information content (AvgIpc) is 3.11. The number of aryl methyl sites for hydroxylation is 2. The summed E-state index contributed by atoms with van der Waals surface area (Å²) in [4.78, 5) is 25.5. The quantitative estimate of drug-likeness (QED) is 0.485. The van der Waals surface area contributed by atoms with Crippen LogP contribution in [0.3, 0.4) is 0 Å². The molecule has 7 nitrogen and oxygen atoms in total. The molecule has 1 aromatic carbocycles. The van der Waals surface area contributed by atoms with Gasteiger partial charge in [-0.25, -0.2) is 9.97 Å². The smallest absolute Gasteiger partial charge is 0.224 e. The summed E-state index contributed by atoms with van der Waals surface area (Å²) in [7, 11) is 3.27. The van der Waals surface area contributed by atoms with Gasteiger partial charge in [-0.05, 0) is 19.4 Å². The third kappa shape index (κ3) is 5.78. The van der Waals surface area contributed by atoms with Crippen LogP contribution in [0.2, 0.25) is 0 Å². The molecule has 166 valence electrons. The summed E-state index contributed by atoms with van der Waals surface area (Å²) in [6.07, 6.45) is 1.94. The molecule has 0 aliphatic carbocycles. The normalized spacial score (nSPS) is 11.1. The summed E-state index contributed by atoms with van der Waals surface area (Å²) in [6.45, 7) is 6.79. The van der Waals surface area contributed by atoms with Crippen molar-refractivity contribution in [3.05, 3.63) is 41.0 Å². The fourth-order valence-electron chi connectivity index (χ4n) is 3.46. The number of nitrogens with zero attached hydrogens (tertiary/aromatic N) is 3. The third-order valence-electron chi connectivity index (χ3n) is 5.12. The van der Waals surface area contributed by atoms with Crippen LogP contribution in [0.1, 0.15) is 16.9 Å². The van der Waals surface area contributed by atoms with Gasteiger partial charge in [-0.3, -0.25) is 4.79 Å². The van der Waals surface area contributed by atoms with Gasteiger partial charge in [0.15, 0.2) is 0 Å². The van der Waals surface area contributed by atoms with Crippen LogP contribution >= 0.6 is 11.3 Å². The van der Waals surface area contributed by atoms with Crippen molar-refractivity contribution < 1.29 is 14.3 Å². The first kappa shape index (κ1) is 23.1. The molecule has 0 atom stereocenters. The molecule has 2 aromatic heterocycles. The van der Waals surface area contributed by atoms with Crippen LogP contribution in [0, 0.1) is 13.8 Å². The van der Waals surface area contributed by atoms with Crippen molar-refractivity contribution in [3.63, 3.8) is 0 Å². The molecule has 0 fully saturated rings. The number of methoxy groups -OCH3 is 2. The zero-order valence-electron chi connectivity index (χ0n) is 18.6. The maximum Gasteiger partial charge on any atom is 0.224 e. The second-order valence-electron chi connectivity index (χ2n) is 7.34. The van der Waals surface area contributed by atoms with Crippen LogP contribution in [0.15, 0.2) is 30.6 Å². The van der Waals surface area contributed by atoms with Gasteiger partial charge < -0.3 is 19.7 Å². The van der Waals surface area contributed by atoms with E-state index in [9.17, 15) is 4.79 Å². The second kappa shape index (κ2) is 11.2. The van der Waals surface area contributed by atoms with E-state index in [1.807, 2.05) is 0 Å². The topological polar surface area (TPSA) is 76.6 Å². The largest absolute Gasteiger partial charge is 0.383 e. The lowest BCUT2D eigenvalue weighted by molar-refractivity contribution is -0.132. The number of nitrogens with one attached hydrogen (secondary N) is 1. The third-order valence-corrected chi connectivity index (χ3v) is 6.13. The summed E-state index contributed by atoms with van der Waals surface area (Å²) >= 11 is 1.66. The summed E-state index contributed by atoms with van der Waals surface area (Å²) in [6, 6.07) is 8.49. The zero-order valence-corrected chi connectivity index (χ0v) is 19.4. The van der Waals surface area contributed by atoms with Crippen LogP contribution in [0.4, 0.5) is 5.82 Å². The fraction of sp³-hybridized carbons (Fsp3) is 0.435. The molecular formula is C23H30N4O3S. The Bertz CT molecular complexity index is 996. The van der Waals surface area contributed by atoms with Crippen molar-refractivity contribution in [2.75, 3.05) is 52.4 Å². The lowest BCUT2D eigenvalue weighted by atomic mass is 10.0. The summed E-state index contributed by atoms with van der Waals surface area (Å²) in [5.74, 6) is 0.824. The van der Waals surface area contributed by atoms with Gasteiger partial charge in [0.1, 0.15) is 17.0 Å². The molecule has 3 rings (SSSR count). The van der Waals surface area contributed by atoms with Crippen LogP contribution in [0.5, 0.6) is 0 Å². The predicted octanol–water partition coefficient (Wildman–Crippen LogP) is 3.90. The Morgan fingerprint density at radius 3 is 2.39 bits per heavy atom. The standard InChI is InChI=1S/C23H30N4O3S/c1-16-5-7-18(8-6-16)20-17(2)31-23-21(20)22(25-15-26-23)24-10-9-19(28)27(11-13-29-3)12-14-30-4/h5-8,15H,9-14H2,1-4H3,(H,24,25,26). The Morgan fingerprint density at radius 1 is 1.06 bits per heavy atom. The van der Waals surface area contributed by atoms with E-state index in [0.29, 0.717) is 39.3 Å². The first-order chi connectivity index (χ1) is 15.0. The fourth-order valence-corrected chi connectivity index (χ4v) is 4.47. The van der Waals surface area contributed by atoms with Gasteiger partial charge in [0.25, 0.3) is 0 Å². The molecule has 2 heterocycles. The van der Waals surface area contributed by atoms with E-state index in [2.05, 4.69) is 53.4 Å². The zero-order chi connectivity index (χ0) is 22.2. The van der Waals surface area contributed by atoms with Gasteiger partial charge in [-0.2, -0.15) is 0 Å². The monoisotopic (exact) mass is 442 g/mol. The van der Waals surface area contributed by atoms with Crippen LogP contribution < -0.4 is 5.32 Å². The number of rotatable bonds is 11. The first-order valence-corrected chi connectivity index (χ1v) is 11.2. The first-order valence-electron chi connectivity index (χ1n) is 10.4. The summed E-state index contributed by atoms with van der Waals surface area (Å²) < 4.78 is 10.2. The minimum Gasteiger partial charge on any atom is -0.383 e. The molecule has 0 unspecified atom stereocenters. The van der Waals surface area contributed by atoms with Gasteiger partial charge in [0.2, 0.25) is 5.91 Å². The molecule has 0 saturated heterocycles. The Hall–Kier alpha value is -2.55. The lowest BCUT2D eigenvalue weighted by Crippen LogP contribution is -2.37. The predicted molar refractivity (Wildman–Crippen MR) is 126 cm³/mol. The number of thiophene rings is 1. The highest BCUT2D eigenvalue weighted by molar-refractivity contribution is 7.19. The molecule has 0 aliphatic rings. The average molecular weight is 443 g/mol. The summed E-state index contributed by atoms with van der Waals surface area (Å²) in [5, 5.41) is 4.38. The molecule has 0 aliphatic heterocycles. The number of benzene rings is 1. The Labute approximate surface area is 187 Å². The van der Waals surface area contributed by atoms with Gasteiger partial charge in [-0.1, -0.05) is 29.8 Å². The molecule has 0 bridgehead atoms. The van der Waals surface area contributed by atoms with E-state index in [1.165, 1.54) is 10.4 Å². The van der Waals surface area contributed by atoms with Crippen LogP contribution in [-0.2, 0) is 14.3 Å². The van der Waals surface area contributed by atoms with Crippen molar-refractivity contribution in [1.82, 2.24) is 14.9 Å². The number of fused-ring (bicyclic) bond motifs is 1. The molecule has 1 amide bonds. The van der Waals surface area contributed by atoms with Gasteiger partial charge in [0, 0.05) is 50.7 Å². The highest BCUT2D eigenvalue weighted by Crippen LogP contribution is 2.40. The molecule has 1 N–H and O–H groups in total. The number of amides is 1. The number of ether oxygens (including phenoxy) is 2. The maximum atomic E-state index is 12.7. The molecular weight excluding hydrogens is 412 g/mol. The molecule has 0 saturated carbocycles. The van der Waals surface area contributed by atoms with Gasteiger partial charge in [0.05, 0.1) is 18.6 Å². The minimum absolute atomic E-state index is 0.0622. The lowest BCUT2D eigenvalue weighted by Gasteiger charge is -2.22. The van der Waals surface area contributed by atoms with Crippen molar-refractivity contribution in [2.45, 2.75) is 20.3 Å². The van der Waals surface area contributed by atoms with Crippen molar-refractivity contribution in [1.29, 1.82) is 0 Å². The number of anilines is 1. The number of hydrogen-bond acceptors (Lipinski definition) is 7. The minimum atomic E-state index is 0.0622. The Morgan fingerprint density at radius 2 is 1.74 bits per heavy atom. The van der Waals surface area contributed by atoms with E-state index in [1.54, 1.807) is 36.8 Å². The number of aromatic nitrogens is 2. The number of carbonyl (C=O) groups is 1. The highest BCUT2D eigenvalue weighted by Gasteiger charge is 2.18. The van der Waals surface area contributed by atoms with E-state index in [4.69, 9.17) is 9.47 Å². The molecule has 3 aromatic rings. The van der Waals surface area contributed by atoms with Crippen LogP contribution in [-0.4, -0.2) is 67.8 Å². The van der Waals surface area contributed by atoms with Gasteiger partial charge in [-0.15, -0.1) is 11.3 Å². The van der Waals surface area contributed by atoms with E-state index >= 15 is 0 Å². The Kier molecular flexibility index (Phi) is 8.34. The Balaban J connectivity index is 1.76. The van der Waals surface area contributed by atoms with Crippen molar-refractivity contribution in [3.8, 4) is 11.1 Å². The van der Waals surface area contributed by atoms with E-state index < -0.39 is 0 Å². The molecule has 31 heavy (non-hydrogen) atoms. The SMILES string of the molecule is COCCN(CCOC)C(=O)CCNc1ncnc2sc(C)c(-c3ccc(C)cc3)c12. The number of carbonyl (C=O) groups excluding carboxylic acids is 1. The second-order valence-corrected chi connectivity index (χ2v) is 8.55.